The van der Waals surface area contributed by atoms with E-state index in [0.29, 0.717) is 33.2 Å². The minimum Gasteiger partial charge on any atom is -0.435 e. The fourth-order valence-corrected chi connectivity index (χ4v) is 4.02. The van der Waals surface area contributed by atoms with Crippen LogP contribution < -0.4 is 10.3 Å². The van der Waals surface area contributed by atoms with E-state index < -0.39 is 6.61 Å². The Balaban J connectivity index is 1.79. The molecule has 4 rings (SSSR count). The number of nitrogens with zero attached hydrogens (tertiary/aromatic N) is 3. The molecule has 0 spiro atoms. The smallest absolute Gasteiger partial charge is 0.387 e. The molecule has 0 fully saturated rings. The van der Waals surface area contributed by atoms with Gasteiger partial charge in [0.25, 0.3) is 5.56 Å². The van der Waals surface area contributed by atoms with Crippen LogP contribution in [0.5, 0.6) is 5.75 Å². The first kappa shape index (κ1) is 20.0. The van der Waals surface area contributed by atoms with Crippen LogP contribution in [0.1, 0.15) is 11.1 Å². The number of para-hydroxylation sites is 2. The Morgan fingerprint density at radius 2 is 1.87 bits per heavy atom. The standard InChI is InChI=1S/C22H17F2N3O2S/c1-14-10-11-25-19(12-14)27-20(28)16-7-3-4-8-17(16)26-22(27)30-13-15-6-2-5-9-18(15)29-21(23)24/h2-12,21H,13H2,1H3. The number of fused-ring (bicyclic) bond motifs is 1. The van der Waals surface area contributed by atoms with Crippen molar-refractivity contribution < 1.29 is 13.5 Å². The van der Waals surface area contributed by atoms with Crippen LogP contribution in [0.4, 0.5) is 8.78 Å². The lowest BCUT2D eigenvalue weighted by Gasteiger charge is -2.14. The molecule has 0 radical (unpaired) electrons. The second-order valence-corrected chi connectivity index (χ2v) is 7.46. The van der Waals surface area contributed by atoms with Crippen molar-refractivity contribution in [2.24, 2.45) is 0 Å². The highest BCUT2D eigenvalue weighted by atomic mass is 32.2. The maximum Gasteiger partial charge on any atom is 0.387 e. The third-order valence-electron chi connectivity index (χ3n) is 4.42. The SMILES string of the molecule is Cc1ccnc(-n2c(SCc3ccccc3OC(F)F)nc3ccccc3c2=O)c1. The van der Waals surface area contributed by atoms with Crippen molar-refractivity contribution in [2.45, 2.75) is 24.4 Å². The number of alkyl halides is 2. The summed E-state index contributed by atoms with van der Waals surface area (Å²) in [6.45, 7) is -1.00. The van der Waals surface area contributed by atoms with Gasteiger partial charge in [-0.25, -0.2) is 14.5 Å². The summed E-state index contributed by atoms with van der Waals surface area (Å²) in [7, 11) is 0. The lowest BCUT2D eigenvalue weighted by Crippen LogP contribution is -2.22. The largest absolute Gasteiger partial charge is 0.435 e. The first-order valence-electron chi connectivity index (χ1n) is 9.13. The monoisotopic (exact) mass is 425 g/mol. The van der Waals surface area contributed by atoms with Gasteiger partial charge in [0.15, 0.2) is 5.16 Å². The van der Waals surface area contributed by atoms with Gasteiger partial charge in [-0.05, 0) is 42.8 Å². The summed E-state index contributed by atoms with van der Waals surface area (Å²) in [6, 6.07) is 17.3. The number of rotatable bonds is 6. The fraction of sp³-hybridized carbons (Fsp3) is 0.136. The molecule has 0 atom stereocenters. The summed E-state index contributed by atoms with van der Waals surface area (Å²) in [5, 5.41) is 0.898. The Kier molecular flexibility index (Phi) is 5.76. The number of pyridine rings is 1. The molecule has 0 bridgehead atoms. The minimum atomic E-state index is -2.91. The van der Waals surface area contributed by atoms with Crippen LogP contribution in [-0.2, 0) is 5.75 Å². The van der Waals surface area contributed by atoms with Crippen molar-refractivity contribution in [1.82, 2.24) is 14.5 Å². The lowest BCUT2D eigenvalue weighted by atomic mass is 10.2. The Hall–Kier alpha value is -3.26. The van der Waals surface area contributed by atoms with E-state index in [-0.39, 0.29) is 11.3 Å². The molecule has 0 unspecified atom stereocenters. The minimum absolute atomic E-state index is 0.100. The Morgan fingerprint density at radius 3 is 2.67 bits per heavy atom. The van der Waals surface area contributed by atoms with Crippen LogP contribution in [0.3, 0.4) is 0 Å². The van der Waals surface area contributed by atoms with Gasteiger partial charge in [0.1, 0.15) is 11.6 Å². The zero-order chi connectivity index (χ0) is 21.1. The van der Waals surface area contributed by atoms with E-state index in [0.717, 1.165) is 5.56 Å². The van der Waals surface area contributed by atoms with E-state index in [1.54, 1.807) is 48.7 Å². The van der Waals surface area contributed by atoms with Crippen LogP contribution in [0.2, 0.25) is 0 Å². The maximum absolute atomic E-state index is 13.2. The first-order chi connectivity index (χ1) is 14.5. The Bertz CT molecular complexity index is 1260. The zero-order valence-corrected chi connectivity index (χ0v) is 16.8. The highest BCUT2D eigenvalue weighted by Crippen LogP contribution is 2.29. The average molecular weight is 425 g/mol. The molecule has 30 heavy (non-hydrogen) atoms. The van der Waals surface area contributed by atoms with Gasteiger partial charge in [-0.3, -0.25) is 4.79 Å². The van der Waals surface area contributed by atoms with E-state index >= 15 is 0 Å². The van der Waals surface area contributed by atoms with Gasteiger partial charge < -0.3 is 4.74 Å². The van der Waals surface area contributed by atoms with Crippen molar-refractivity contribution in [2.75, 3.05) is 0 Å². The van der Waals surface area contributed by atoms with E-state index in [9.17, 15) is 13.6 Å². The topological polar surface area (TPSA) is 57.0 Å². The number of halogens is 2. The Labute approximate surface area is 175 Å². The van der Waals surface area contributed by atoms with Crippen molar-refractivity contribution in [3.63, 3.8) is 0 Å². The summed E-state index contributed by atoms with van der Waals surface area (Å²) in [4.78, 5) is 22.2. The third-order valence-corrected chi connectivity index (χ3v) is 5.41. The second kappa shape index (κ2) is 8.62. The van der Waals surface area contributed by atoms with E-state index in [1.165, 1.54) is 22.4 Å². The number of hydrogen-bond donors (Lipinski definition) is 0. The summed E-state index contributed by atoms with van der Waals surface area (Å²) in [6.07, 6.45) is 1.63. The number of benzene rings is 2. The van der Waals surface area contributed by atoms with E-state index in [2.05, 4.69) is 14.7 Å². The molecule has 5 nitrogen and oxygen atoms in total. The van der Waals surface area contributed by atoms with Crippen molar-refractivity contribution in [1.29, 1.82) is 0 Å². The molecule has 0 N–H and O–H groups in total. The molecule has 8 heteroatoms. The van der Waals surface area contributed by atoms with Gasteiger partial charge in [0.2, 0.25) is 0 Å². The van der Waals surface area contributed by atoms with E-state index in [1.807, 2.05) is 19.1 Å². The summed E-state index contributed by atoms with van der Waals surface area (Å²) in [5.74, 6) is 0.848. The molecule has 0 aliphatic heterocycles. The maximum atomic E-state index is 13.2. The van der Waals surface area contributed by atoms with Gasteiger partial charge in [-0.15, -0.1) is 0 Å². The predicted octanol–water partition coefficient (Wildman–Crippen LogP) is 4.98. The van der Waals surface area contributed by atoms with Crippen LogP contribution in [-0.4, -0.2) is 21.1 Å². The van der Waals surface area contributed by atoms with Gasteiger partial charge in [-0.1, -0.05) is 42.1 Å². The molecule has 2 heterocycles. The fourth-order valence-electron chi connectivity index (χ4n) is 3.03. The molecule has 0 aliphatic carbocycles. The Morgan fingerprint density at radius 1 is 1.10 bits per heavy atom. The van der Waals surface area contributed by atoms with Crippen molar-refractivity contribution >= 4 is 22.7 Å². The lowest BCUT2D eigenvalue weighted by molar-refractivity contribution is -0.0503. The highest BCUT2D eigenvalue weighted by molar-refractivity contribution is 7.98. The summed E-state index contributed by atoms with van der Waals surface area (Å²) >= 11 is 1.26. The molecule has 0 saturated heterocycles. The molecule has 0 aliphatic rings. The normalized spacial score (nSPS) is 11.2. The summed E-state index contributed by atoms with van der Waals surface area (Å²) < 4.78 is 31.5. The van der Waals surface area contributed by atoms with Crippen LogP contribution in [0, 0.1) is 6.92 Å². The third kappa shape index (κ3) is 4.18. The second-order valence-electron chi connectivity index (χ2n) is 6.52. The molecule has 0 saturated carbocycles. The van der Waals surface area contributed by atoms with Gasteiger partial charge >= 0.3 is 6.61 Å². The molecule has 2 aromatic carbocycles. The number of ether oxygens (including phenoxy) is 1. The van der Waals surface area contributed by atoms with Crippen molar-refractivity contribution in [3.8, 4) is 11.6 Å². The van der Waals surface area contributed by atoms with Gasteiger partial charge in [0, 0.05) is 17.5 Å². The highest BCUT2D eigenvalue weighted by Gasteiger charge is 2.16. The van der Waals surface area contributed by atoms with Crippen LogP contribution in [0.15, 0.2) is 76.8 Å². The molecular formula is C22H17F2N3O2S. The van der Waals surface area contributed by atoms with Crippen LogP contribution >= 0.6 is 11.8 Å². The zero-order valence-electron chi connectivity index (χ0n) is 16.0. The molecule has 4 aromatic rings. The molecule has 0 amide bonds. The first-order valence-corrected chi connectivity index (χ1v) is 10.1. The molecule has 2 aromatic heterocycles. The van der Waals surface area contributed by atoms with Crippen molar-refractivity contribution in [3.05, 3.63) is 88.3 Å². The number of aromatic nitrogens is 3. The van der Waals surface area contributed by atoms with Gasteiger partial charge in [-0.2, -0.15) is 8.78 Å². The quantitative estimate of drug-likeness (QED) is 0.322. The predicted molar refractivity (Wildman–Crippen MR) is 113 cm³/mol. The number of thioether (sulfide) groups is 1. The van der Waals surface area contributed by atoms with Gasteiger partial charge in [0.05, 0.1) is 10.9 Å². The molecule has 152 valence electrons. The average Bonchev–Trinajstić information content (AvgIpc) is 2.73. The number of aryl methyl sites for hydroxylation is 1. The van der Waals surface area contributed by atoms with E-state index in [4.69, 9.17) is 0 Å². The molecular weight excluding hydrogens is 408 g/mol. The van der Waals surface area contributed by atoms with Crippen LogP contribution in [0.25, 0.3) is 16.7 Å². The summed E-state index contributed by atoms with van der Waals surface area (Å²) in [5.41, 5.74) is 1.85. The number of hydrogen-bond acceptors (Lipinski definition) is 5.